The van der Waals surface area contributed by atoms with Crippen molar-refractivity contribution >= 4 is 17.8 Å². The minimum atomic E-state index is -1.23. The topological polar surface area (TPSA) is 87.2 Å². The highest BCUT2D eigenvalue weighted by Gasteiger charge is 2.29. The number of morpholine rings is 1. The average molecular weight is 272 g/mol. The van der Waals surface area contributed by atoms with E-state index in [1.807, 2.05) is 6.92 Å². The highest BCUT2D eigenvalue weighted by molar-refractivity contribution is 6.01. The molecule has 2 amide bonds. The molecule has 0 spiro atoms. The Hall–Kier alpha value is -1.47. The summed E-state index contributed by atoms with van der Waals surface area (Å²) in [5.74, 6) is -2.25. The van der Waals surface area contributed by atoms with Gasteiger partial charge in [-0.2, -0.15) is 0 Å². The number of rotatable bonds is 6. The van der Waals surface area contributed by atoms with Crippen LogP contribution in [-0.2, 0) is 19.1 Å². The summed E-state index contributed by atoms with van der Waals surface area (Å²) in [6, 6.07) is 0. The third kappa shape index (κ3) is 4.96. The fourth-order valence-corrected chi connectivity index (χ4v) is 1.85. The van der Waals surface area contributed by atoms with Crippen LogP contribution in [0.5, 0.6) is 0 Å². The van der Waals surface area contributed by atoms with Crippen molar-refractivity contribution in [1.82, 2.24) is 10.0 Å². The molecule has 1 heterocycles. The van der Waals surface area contributed by atoms with Gasteiger partial charge in [0.2, 0.25) is 5.91 Å². The summed E-state index contributed by atoms with van der Waals surface area (Å²) < 4.78 is 5.16. The largest absolute Gasteiger partial charge is 0.481 e. The van der Waals surface area contributed by atoms with Gasteiger partial charge in [-0.15, -0.1) is 0 Å². The zero-order valence-corrected chi connectivity index (χ0v) is 11.1. The smallest absolute Gasteiger partial charge is 0.312 e. The molecule has 1 fully saturated rings. The van der Waals surface area contributed by atoms with Crippen molar-refractivity contribution < 1.29 is 24.2 Å². The third-order valence-electron chi connectivity index (χ3n) is 2.79. The summed E-state index contributed by atoms with van der Waals surface area (Å²) >= 11 is 0. The van der Waals surface area contributed by atoms with E-state index in [1.165, 1.54) is 0 Å². The maximum atomic E-state index is 12.1. The molecule has 108 valence electrons. The molecule has 1 N–H and O–H groups in total. The first-order valence-corrected chi connectivity index (χ1v) is 6.46. The standard InChI is InChI=1S/C12H20N2O5/c1-2-3-4-10(15)14(11(16)9-12(17)18)13-5-7-19-8-6-13/h2-9H2,1H3,(H,17,18). The molecule has 19 heavy (non-hydrogen) atoms. The molecule has 7 heteroatoms. The Morgan fingerprint density at radius 2 is 1.84 bits per heavy atom. The minimum absolute atomic E-state index is 0.249. The van der Waals surface area contributed by atoms with Gasteiger partial charge in [0.1, 0.15) is 6.42 Å². The first-order valence-electron chi connectivity index (χ1n) is 6.46. The molecule has 0 aromatic rings. The van der Waals surface area contributed by atoms with Gasteiger partial charge in [0.15, 0.2) is 0 Å². The van der Waals surface area contributed by atoms with E-state index in [1.54, 1.807) is 5.01 Å². The predicted molar refractivity (Wildman–Crippen MR) is 66.0 cm³/mol. The Balaban J connectivity index is 2.73. The number of hydrazine groups is 1. The second kappa shape index (κ2) is 7.85. The Morgan fingerprint density at radius 3 is 2.37 bits per heavy atom. The summed E-state index contributed by atoms with van der Waals surface area (Å²) in [6.45, 7) is 3.65. The Kier molecular flexibility index (Phi) is 6.44. The number of ether oxygens (including phenoxy) is 1. The maximum Gasteiger partial charge on any atom is 0.312 e. The number of imide groups is 1. The summed E-state index contributed by atoms with van der Waals surface area (Å²) in [7, 11) is 0. The van der Waals surface area contributed by atoms with Gasteiger partial charge in [0, 0.05) is 19.5 Å². The monoisotopic (exact) mass is 272 g/mol. The molecule has 0 bridgehead atoms. The van der Waals surface area contributed by atoms with Gasteiger partial charge in [-0.1, -0.05) is 13.3 Å². The fourth-order valence-electron chi connectivity index (χ4n) is 1.85. The van der Waals surface area contributed by atoms with Crippen LogP contribution in [0.2, 0.25) is 0 Å². The molecule has 0 atom stereocenters. The number of carbonyl (C=O) groups excluding carboxylic acids is 2. The Bertz CT molecular complexity index is 339. The van der Waals surface area contributed by atoms with Crippen LogP contribution >= 0.6 is 0 Å². The van der Waals surface area contributed by atoms with Crippen molar-refractivity contribution in [2.45, 2.75) is 32.6 Å². The van der Waals surface area contributed by atoms with E-state index < -0.39 is 18.3 Å². The van der Waals surface area contributed by atoms with E-state index in [2.05, 4.69) is 0 Å². The molecule has 0 radical (unpaired) electrons. The molecule has 1 saturated heterocycles. The number of carboxylic acids is 1. The zero-order valence-electron chi connectivity index (χ0n) is 11.1. The van der Waals surface area contributed by atoms with Crippen LogP contribution in [-0.4, -0.2) is 59.2 Å². The molecular formula is C12H20N2O5. The lowest BCUT2D eigenvalue weighted by molar-refractivity contribution is -0.172. The van der Waals surface area contributed by atoms with Gasteiger partial charge in [-0.05, 0) is 6.42 Å². The summed E-state index contributed by atoms with van der Waals surface area (Å²) in [5.41, 5.74) is 0. The summed E-state index contributed by atoms with van der Waals surface area (Å²) in [6.07, 6.45) is 1.10. The minimum Gasteiger partial charge on any atom is -0.481 e. The lowest BCUT2D eigenvalue weighted by Gasteiger charge is -2.35. The molecule has 7 nitrogen and oxygen atoms in total. The van der Waals surface area contributed by atoms with Crippen molar-refractivity contribution in [3.63, 3.8) is 0 Å². The third-order valence-corrected chi connectivity index (χ3v) is 2.79. The van der Waals surface area contributed by atoms with Gasteiger partial charge in [0.25, 0.3) is 5.91 Å². The maximum absolute atomic E-state index is 12.1. The molecule has 0 aromatic heterocycles. The molecule has 0 saturated carbocycles. The summed E-state index contributed by atoms with van der Waals surface area (Å²) in [5, 5.41) is 11.3. The van der Waals surface area contributed by atoms with E-state index >= 15 is 0 Å². The number of amides is 2. The van der Waals surface area contributed by atoms with Gasteiger partial charge in [-0.25, -0.2) is 10.0 Å². The van der Waals surface area contributed by atoms with Gasteiger partial charge < -0.3 is 9.84 Å². The first-order chi connectivity index (χ1) is 9.06. The van der Waals surface area contributed by atoms with Crippen molar-refractivity contribution in [3.05, 3.63) is 0 Å². The predicted octanol–water partition coefficient (Wildman–Crippen LogP) is 0.254. The van der Waals surface area contributed by atoms with Crippen LogP contribution in [0.4, 0.5) is 0 Å². The lowest BCUT2D eigenvalue weighted by Crippen LogP contribution is -2.54. The van der Waals surface area contributed by atoms with Gasteiger partial charge >= 0.3 is 5.97 Å². The molecule has 0 unspecified atom stereocenters. The number of nitrogens with zero attached hydrogens (tertiary/aromatic N) is 2. The summed E-state index contributed by atoms with van der Waals surface area (Å²) in [4.78, 5) is 34.6. The van der Waals surface area contributed by atoms with E-state index in [0.717, 1.165) is 11.4 Å². The van der Waals surface area contributed by atoms with Crippen molar-refractivity contribution in [2.24, 2.45) is 0 Å². The number of carboxylic acid groups (broad SMARTS) is 1. The fraction of sp³-hybridized carbons (Fsp3) is 0.750. The molecule has 1 aliphatic rings. The molecule has 1 aliphatic heterocycles. The van der Waals surface area contributed by atoms with E-state index in [-0.39, 0.29) is 12.3 Å². The van der Waals surface area contributed by atoms with E-state index in [4.69, 9.17) is 9.84 Å². The number of hydrogen-bond donors (Lipinski definition) is 1. The molecule has 1 rings (SSSR count). The van der Waals surface area contributed by atoms with Crippen LogP contribution in [0.25, 0.3) is 0 Å². The van der Waals surface area contributed by atoms with Crippen LogP contribution in [0, 0.1) is 0 Å². The van der Waals surface area contributed by atoms with Crippen molar-refractivity contribution in [2.75, 3.05) is 26.3 Å². The molecule has 0 aromatic carbocycles. The van der Waals surface area contributed by atoms with E-state index in [9.17, 15) is 14.4 Å². The van der Waals surface area contributed by atoms with Crippen LogP contribution < -0.4 is 0 Å². The number of carbonyl (C=O) groups is 3. The van der Waals surface area contributed by atoms with Gasteiger partial charge in [0.05, 0.1) is 13.2 Å². The van der Waals surface area contributed by atoms with Crippen molar-refractivity contribution in [3.8, 4) is 0 Å². The van der Waals surface area contributed by atoms with Crippen molar-refractivity contribution in [1.29, 1.82) is 0 Å². The van der Waals surface area contributed by atoms with Crippen LogP contribution in [0.1, 0.15) is 32.6 Å². The number of unbranched alkanes of at least 4 members (excludes halogenated alkanes) is 1. The lowest BCUT2D eigenvalue weighted by atomic mass is 10.2. The average Bonchev–Trinajstić information content (AvgIpc) is 2.37. The zero-order chi connectivity index (χ0) is 14.3. The SMILES string of the molecule is CCCCC(=O)N(C(=O)CC(=O)O)N1CCOCC1. The quantitative estimate of drug-likeness (QED) is 0.698. The first kappa shape index (κ1) is 15.6. The number of hydrogen-bond acceptors (Lipinski definition) is 5. The van der Waals surface area contributed by atoms with E-state index in [0.29, 0.717) is 32.7 Å². The molecule has 0 aliphatic carbocycles. The Labute approximate surface area is 112 Å². The number of aliphatic carboxylic acids is 1. The second-order valence-corrected chi connectivity index (χ2v) is 4.34. The molecular weight excluding hydrogens is 252 g/mol. The van der Waals surface area contributed by atoms with Crippen LogP contribution in [0.3, 0.4) is 0 Å². The normalized spacial score (nSPS) is 16.1. The highest BCUT2D eigenvalue weighted by atomic mass is 16.5. The van der Waals surface area contributed by atoms with Crippen LogP contribution in [0.15, 0.2) is 0 Å². The highest BCUT2D eigenvalue weighted by Crippen LogP contribution is 2.10. The Morgan fingerprint density at radius 1 is 1.21 bits per heavy atom. The second-order valence-electron chi connectivity index (χ2n) is 4.34. The van der Waals surface area contributed by atoms with Gasteiger partial charge in [-0.3, -0.25) is 14.4 Å².